The molecule has 0 saturated heterocycles. The topological polar surface area (TPSA) is 37.3 Å². The maximum absolute atomic E-state index is 11.4. The van der Waals surface area contributed by atoms with Crippen LogP contribution in [0.5, 0.6) is 5.75 Å². The van der Waals surface area contributed by atoms with Crippen LogP contribution < -0.4 is 0 Å². The Morgan fingerprint density at radius 1 is 0.618 bits per heavy atom. The molecule has 0 spiro atoms. The summed E-state index contributed by atoms with van der Waals surface area (Å²) in [5.74, 6) is 8.04. The highest BCUT2D eigenvalue weighted by atomic mass is 16.3. The fraction of sp³-hybridized carbons (Fsp3) is 0.781. The Kier molecular flexibility index (Phi) is 5.23. The van der Waals surface area contributed by atoms with E-state index in [1.54, 1.807) is 19.3 Å². The summed E-state index contributed by atoms with van der Waals surface area (Å²) in [4.78, 5) is 11.4. The average molecular weight is 461 g/mol. The second-order valence-electron chi connectivity index (χ2n) is 14.3. The monoisotopic (exact) mass is 460 g/mol. The van der Waals surface area contributed by atoms with E-state index in [4.69, 9.17) is 0 Å². The first-order chi connectivity index (χ1) is 16.5. The van der Waals surface area contributed by atoms with Crippen molar-refractivity contribution >= 4 is 5.78 Å². The quantitative estimate of drug-likeness (QED) is 0.488. The Bertz CT molecular complexity index is 846. The molecule has 9 aliphatic rings. The number of Topliss-reactive ketones (excluding diaryl/α,β-unsaturated/α-hetero) is 1. The lowest BCUT2D eigenvalue weighted by Gasteiger charge is -2.60. The molecule has 1 aromatic carbocycles. The summed E-state index contributed by atoms with van der Waals surface area (Å²) in [5, 5.41) is 9.44. The first kappa shape index (κ1) is 21.9. The molecule has 0 aromatic heterocycles. The van der Waals surface area contributed by atoms with Gasteiger partial charge < -0.3 is 5.11 Å². The average Bonchev–Trinajstić information content (AvgIpc) is 2.78. The first-order valence-corrected chi connectivity index (χ1v) is 14.8. The smallest absolute Gasteiger partial charge is 0.132 e. The molecule has 0 heterocycles. The van der Waals surface area contributed by atoms with Crippen LogP contribution in [0.15, 0.2) is 24.3 Å². The van der Waals surface area contributed by atoms with Crippen LogP contribution in [0.4, 0.5) is 0 Å². The zero-order chi connectivity index (χ0) is 22.9. The molecular formula is C32H44O2. The zero-order valence-corrected chi connectivity index (χ0v) is 21.0. The summed E-state index contributed by atoms with van der Waals surface area (Å²) in [5.41, 5.74) is 2.67. The van der Waals surface area contributed by atoms with Gasteiger partial charge in [-0.25, -0.2) is 0 Å². The second-order valence-corrected chi connectivity index (χ2v) is 14.3. The van der Waals surface area contributed by atoms with Gasteiger partial charge in [-0.2, -0.15) is 0 Å². The van der Waals surface area contributed by atoms with Crippen LogP contribution in [0, 0.1) is 46.8 Å². The van der Waals surface area contributed by atoms with Gasteiger partial charge in [0.05, 0.1) is 0 Å². The minimum Gasteiger partial charge on any atom is -0.508 e. The summed E-state index contributed by atoms with van der Waals surface area (Å²) in [7, 11) is 0. The van der Waals surface area contributed by atoms with Crippen molar-refractivity contribution in [2.24, 2.45) is 46.8 Å². The molecule has 1 aromatic rings. The number of hydrogen-bond donors (Lipinski definition) is 1. The number of ketones is 1. The van der Waals surface area contributed by atoms with Crippen molar-refractivity contribution in [1.29, 1.82) is 0 Å². The fourth-order valence-corrected chi connectivity index (χ4v) is 11.5. The SMILES string of the molecule is O=C1CCC(C23CC4CC(CC(C4)C2)C3)CC1.Oc1ccc(C23CC4CC(CC(C4)C2)C3)cc1. The number of hydrogen-bond acceptors (Lipinski definition) is 2. The Morgan fingerprint density at radius 3 is 1.47 bits per heavy atom. The molecule has 184 valence electrons. The largest absolute Gasteiger partial charge is 0.508 e. The summed E-state index contributed by atoms with van der Waals surface area (Å²) >= 11 is 0. The molecule has 9 aliphatic carbocycles. The molecule has 2 heteroatoms. The molecule has 9 fully saturated rings. The molecule has 2 nitrogen and oxygen atoms in total. The molecule has 0 radical (unpaired) electrons. The number of phenols is 1. The Labute approximate surface area is 206 Å². The van der Waals surface area contributed by atoms with Crippen LogP contribution in [-0.4, -0.2) is 10.9 Å². The second kappa shape index (κ2) is 8.10. The number of aromatic hydroxyl groups is 1. The Balaban J connectivity index is 0.000000118. The van der Waals surface area contributed by atoms with Gasteiger partial charge in [0.1, 0.15) is 11.5 Å². The number of carbonyl (C=O) groups excluding carboxylic acids is 1. The number of benzene rings is 1. The Hall–Kier alpha value is -1.31. The number of rotatable bonds is 2. The maximum atomic E-state index is 11.4. The van der Waals surface area contributed by atoms with Gasteiger partial charge in [0, 0.05) is 12.8 Å². The van der Waals surface area contributed by atoms with E-state index >= 15 is 0 Å². The molecule has 8 bridgehead atoms. The summed E-state index contributed by atoms with van der Waals surface area (Å²) < 4.78 is 0. The number of phenolic OH excluding ortho intramolecular Hbond substituents is 1. The molecule has 0 aliphatic heterocycles. The summed E-state index contributed by atoms with van der Waals surface area (Å²) in [6, 6.07) is 8.08. The highest BCUT2D eigenvalue weighted by Crippen LogP contribution is 2.64. The molecule has 1 N–H and O–H groups in total. The highest BCUT2D eigenvalue weighted by molar-refractivity contribution is 5.79. The van der Waals surface area contributed by atoms with E-state index in [2.05, 4.69) is 12.1 Å². The van der Waals surface area contributed by atoms with Gasteiger partial charge in [0.2, 0.25) is 0 Å². The number of carbonyl (C=O) groups is 1. The third-order valence-corrected chi connectivity index (χ3v) is 12.0. The molecule has 34 heavy (non-hydrogen) atoms. The van der Waals surface area contributed by atoms with Crippen LogP contribution in [0.2, 0.25) is 0 Å². The lowest BCUT2D eigenvalue weighted by atomic mass is 9.45. The lowest BCUT2D eigenvalue weighted by molar-refractivity contribution is -0.127. The van der Waals surface area contributed by atoms with E-state index in [0.29, 0.717) is 22.4 Å². The van der Waals surface area contributed by atoms with Crippen molar-refractivity contribution in [2.45, 2.75) is 108 Å². The third-order valence-electron chi connectivity index (χ3n) is 12.0. The third kappa shape index (κ3) is 3.77. The van der Waals surface area contributed by atoms with Gasteiger partial charge in [-0.1, -0.05) is 12.1 Å². The van der Waals surface area contributed by atoms with Crippen molar-refractivity contribution in [3.05, 3.63) is 29.8 Å². The van der Waals surface area contributed by atoms with Crippen LogP contribution in [-0.2, 0) is 10.2 Å². The summed E-state index contributed by atoms with van der Waals surface area (Å²) in [6.07, 6.45) is 22.2. The van der Waals surface area contributed by atoms with E-state index < -0.39 is 0 Å². The molecule has 0 unspecified atom stereocenters. The molecule has 0 atom stereocenters. The van der Waals surface area contributed by atoms with Crippen LogP contribution in [0.25, 0.3) is 0 Å². The Morgan fingerprint density at radius 2 is 1.03 bits per heavy atom. The van der Waals surface area contributed by atoms with Crippen molar-refractivity contribution in [1.82, 2.24) is 0 Å². The molecule has 0 amide bonds. The van der Waals surface area contributed by atoms with Crippen molar-refractivity contribution < 1.29 is 9.90 Å². The highest BCUT2D eigenvalue weighted by Gasteiger charge is 2.54. The van der Waals surface area contributed by atoms with Crippen LogP contribution in [0.1, 0.15) is 108 Å². The van der Waals surface area contributed by atoms with Crippen molar-refractivity contribution in [2.75, 3.05) is 0 Å². The molecule has 9 saturated carbocycles. The van der Waals surface area contributed by atoms with Gasteiger partial charge >= 0.3 is 0 Å². The van der Waals surface area contributed by atoms with E-state index in [9.17, 15) is 9.90 Å². The van der Waals surface area contributed by atoms with Crippen molar-refractivity contribution in [3.8, 4) is 5.75 Å². The van der Waals surface area contributed by atoms with Crippen LogP contribution in [0.3, 0.4) is 0 Å². The predicted molar refractivity (Wildman–Crippen MR) is 136 cm³/mol. The van der Waals surface area contributed by atoms with E-state index in [1.165, 1.54) is 76.2 Å². The van der Waals surface area contributed by atoms with Gasteiger partial charge in [0.15, 0.2) is 0 Å². The minimum atomic E-state index is 0.401. The normalized spacial score (nSPS) is 46.4. The van der Waals surface area contributed by atoms with Gasteiger partial charge in [0.25, 0.3) is 0 Å². The lowest BCUT2D eigenvalue weighted by Crippen LogP contribution is -2.50. The van der Waals surface area contributed by atoms with E-state index in [0.717, 1.165) is 54.3 Å². The minimum absolute atomic E-state index is 0.401. The first-order valence-electron chi connectivity index (χ1n) is 14.8. The van der Waals surface area contributed by atoms with Crippen LogP contribution >= 0.6 is 0 Å². The predicted octanol–water partition coefficient (Wildman–Crippen LogP) is 7.82. The standard InChI is InChI=1S/C16H24O.C16H20O/c2*17-15-3-1-14(2-4-15)16-8-11-5-12(9-16)7-13(6-11)10-16/h11-14H,1-10H2;1-4,11-13,17H,5-10H2. The zero-order valence-electron chi connectivity index (χ0n) is 21.0. The van der Waals surface area contributed by atoms with E-state index in [-0.39, 0.29) is 0 Å². The fourth-order valence-electron chi connectivity index (χ4n) is 11.5. The van der Waals surface area contributed by atoms with Gasteiger partial charge in [-0.05, 0) is 160 Å². The summed E-state index contributed by atoms with van der Waals surface area (Å²) in [6.45, 7) is 0. The van der Waals surface area contributed by atoms with Crippen molar-refractivity contribution in [3.63, 3.8) is 0 Å². The molecular weight excluding hydrogens is 416 g/mol. The maximum Gasteiger partial charge on any atom is 0.132 e. The van der Waals surface area contributed by atoms with Gasteiger partial charge in [-0.3, -0.25) is 4.79 Å². The van der Waals surface area contributed by atoms with Gasteiger partial charge in [-0.15, -0.1) is 0 Å². The van der Waals surface area contributed by atoms with E-state index in [1.807, 2.05) is 12.1 Å². The molecule has 10 rings (SSSR count).